The first-order valence-corrected chi connectivity index (χ1v) is 4.75. The highest BCUT2D eigenvalue weighted by molar-refractivity contribution is 4.97. The third kappa shape index (κ3) is 2.08. The molecule has 1 unspecified atom stereocenters. The average molecular weight is 180 g/mol. The fourth-order valence-corrected chi connectivity index (χ4v) is 1.79. The van der Waals surface area contributed by atoms with Gasteiger partial charge in [-0.2, -0.15) is 5.10 Å². The van der Waals surface area contributed by atoms with Crippen molar-refractivity contribution in [3.05, 3.63) is 18.0 Å². The first-order valence-electron chi connectivity index (χ1n) is 4.75. The van der Waals surface area contributed by atoms with Crippen LogP contribution < -0.4 is 5.32 Å². The third-order valence-corrected chi connectivity index (χ3v) is 2.64. The van der Waals surface area contributed by atoms with E-state index in [4.69, 9.17) is 0 Å². The standard InChI is InChI=1S/C9H16N4/c1-13(9-3-4-10-6-9)7-8-2-5-11-12-8/h2,5,9-10H,3-4,6-7H2,1H3,(H,11,12). The molecule has 4 nitrogen and oxygen atoms in total. The normalized spacial score (nSPS) is 22.8. The van der Waals surface area contributed by atoms with Crippen LogP contribution in [-0.2, 0) is 6.54 Å². The molecule has 1 aromatic heterocycles. The lowest BCUT2D eigenvalue weighted by atomic mass is 10.2. The molecule has 1 aliphatic heterocycles. The van der Waals surface area contributed by atoms with E-state index in [0.29, 0.717) is 6.04 Å². The summed E-state index contributed by atoms with van der Waals surface area (Å²) in [4.78, 5) is 2.37. The Hall–Kier alpha value is -0.870. The van der Waals surface area contributed by atoms with Gasteiger partial charge >= 0.3 is 0 Å². The van der Waals surface area contributed by atoms with Gasteiger partial charge in [-0.3, -0.25) is 10.00 Å². The molecule has 4 heteroatoms. The van der Waals surface area contributed by atoms with E-state index >= 15 is 0 Å². The summed E-state index contributed by atoms with van der Waals surface area (Å²) in [7, 11) is 2.17. The topological polar surface area (TPSA) is 44.0 Å². The van der Waals surface area contributed by atoms with E-state index in [1.807, 2.05) is 6.07 Å². The van der Waals surface area contributed by atoms with Gasteiger partial charge < -0.3 is 5.32 Å². The average Bonchev–Trinajstić information content (AvgIpc) is 2.74. The van der Waals surface area contributed by atoms with Crippen molar-refractivity contribution in [2.45, 2.75) is 19.0 Å². The van der Waals surface area contributed by atoms with Gasteiger partial charge in [0.15, 0.2) is 0 Å². The van der Waals surface area contributed by atoms with Gasteiger partial charge in [0.2, 0.25) is 0 Å². The van der Waals surface area contributed by atoms with Crippen molar-refractivity contribution in [1.29, 1.82) is 0 Å². The minimum Gasteiger partial charge on any atom is -0.315 e. The second-order valence-corrected chi connectivity index (χ2v) is 3.64. The lowest BCUT2D eigenvalue weighted by Crippen LogP contribution is -2.32. The highest BCUT2D eigenvalue weighted by Gasteiger charge is 2.18. The summed E-state index contributed by atoms with van der Waals surface area (Å²) in [5, 5.41) is 10.3. The maximum absolute atomic E-state index is 3.93. The van der Waals surface area contributed by atoms with Crippen molar-refractivity contribution in [3.8, 4) is 0 Å². The minimum absolute atomic E-state index is 0.684. The van der Waals surface area contributed by atoms with Crippen LogP contribution in [0.25, 0.3) is 0 Å². The molecule has 1 aromatic rings. The molecule has 2 rings (SSSR count). The van der Waals surface area contributed by atoms with Gasteiger partial charge in [0.05, 0.1) is 0 Å². The Labute approximate surface area is 78.3 Å². The van der Waals surface area contributed by atoms with Crippen LogP contribution in [0.2, 0.25) is 0 Å². The van der Waals surface area contributed by atoms with Gasteiger partial charge in [0, 0.05) is 31.0 Å². The van der Waals surface area contributed by atoms with Crippen LogP contribution in [0.4, 0.5) is 0 Å². The zero-order valence-electron chi connectivity index (χ0n) is 7.95. The van der Waals surface area contributed by atoms with Crippen molar-refractivity contribution in [3.63, 3.8) is 0 Å². The summed E-state index contributed by atoms with van der Waals surface area (Å²) in [6, 6.07) is 2.71. The highest BCUT2D eigenvalue weighted by atomic mass is 15.2. The van der Waals surface area contributed by atoms with Crippen LogP contribution in [0.15, 0.2) is 12.3 Å². The Morgan fingerprint density at radius 1 is 1.69 bits per heavy atom. The molecule has 0 bridgehead atoms. The Balaban J connectivity index is 1.87. The SMILES string of the molecule is CN(Cc1ccn[nH]1)C1CCNC1. The van der Waals surface area contributed by atoms with Crippen molar-refractivity contribution in [1.82, 2.24) is 20.4 Å². The second kappa shape index (κ2) is 3.89. The number of nitrogens with zero attached hydrogens (tertiary/aromatic N) is 2. The molecule has 2 N–H and O–H groups in total. The summed E-state index contributed by atoms with van der Waals surface area (Å²) in [5.74, 6) is 0. The van der Waals surface area contributed by atoms with E-state index in [1.165, 1.54) is 12.1 Å². The predicted octanol–water partition coefficient (Wildman–Crippen LogP) is 0.203. The Bertz CT molecular complexity index is 238. The molecular formula is C9H16N4. The predicted molar refractivity (Wildman–Crippen MR) is 51.3 cm³/mol. The fraction of sp³-hybridized carbons (Fsp3) is 0.667. The van der Waals surface area contributed by atoms with Crippen molar-refractivity contribution in [2.24, 2.45) is 0 Å². The smallest absolute Gasteiger partial charge is 0.0492 e. The molecule has 1 atom stereocenters. The summed E-state index contributed by atoms with van der Waals surface area (Å²) in [6.45, 7) is 3.23. The Kier molecular flexibility index (Phi) is 2.61. The third-order valence-electron chi connectivity index (χ3n) is 2.64. The fourth-order valence-electron chi connectivity index (χ4n) is 1.79. The maximum Gasteiger partial charge on any atom is 0.0492 e. The van der Waals surface area contributed by atoms with Gasteiger partial charge in [0.1, 0.15) is 0 Å². The molecule has 0 saturated carbocycles. The molecule has 1 aliphatic rings. The van der Waals surface area contributed by atoms with Crippen molar-refractivity contribution < 1.29 is 0 Å². The van der Waals surface area contributed by atoms with E-state index in [0.717, 1.165) is 19.6 Å². The van der Waals surface area contributed by atoms with Gasteiger partial charge in [-0.05, 0) is 26.1 Å². The number of aromatic amines is 1. The zero-order valence-corrected chi connectivity index (χ0v) is 7.95. The summed E-state index contributed by atoms with van der Waals surface area (Å²) in [5.41, 5.74) is 1.19. The van der Waals surface area contributed by atoms with E-state index in [1.54, 1.807) is 6.20 Å². The number of hydrogen-bond donors (Lipinski definition) is 2. The number of nitrogens with one attached hydrogen (secondary N) is 2. The number of rotatable bonds is 3. The minimum atomic E-state index is 0.684. The van der Waals surface area contributed by atoms with Crippen LogP contribution in [-0.4, -0.2) is 41.3 Å². The zero-order chi connectivity index (χ0) is 9.10. The van der Waals surface area contributed by atoms with Gasteiger partial charge in [-0.1, -0.05) is 0 Å². The number of hydrogen-bond acceptors (Lipinski definition) is 3. The van der Waals surface area contributed by atoms with Crippen LogP contribution >= 0.6 is 0 Å². The summed E-state index contributed by atoms with van der Waals surface area (Å²) in [6.07, 6.45) is 3.06. The largest absolute Gasteiger partial charge is 0.315 e. The Morgan fingerprint density at radius 2 is 2.62 bits per heavy atom. The molecule has 0 aromatic carbocycles. The van der Waals surface area contributed by atoms with Gasteiger partial charge in [-0.25, -0.2) is 0 Å². The number of H-pyrrole nitrogens is 1. The quantitative estimate of drug-likeness (QED) is 0.698. The summed E-state index contributed by atoms with van der Waals surface area (Å²) >= 11 is 0. The van der Waals surface area contributed by atoms with Crippen LogP contribution in [0, 0.1) is 0 Å². The first-order chi connectivity index (χ1) is 6.36. The summed E-state index contributed by atoms with van der Waals surface area (Å²) < 4.78 is 0. The number of aromatic nitrogens is 2. The monoisotopic (exact) mass is 180 g/mol. The van der Waals surface area contributed by atoms with E-state index < -0.39 is 0 Å². The first kappa shape index (κ1) is 8.72. The molecule has 13 heavy (non-hydrogen) atoms. The van der Waals surface area contributed by atoms with Crippen molar-refractivity contribution >= 4 is 0 Å². The molecule has 0 spiro atoms. The van der Waals surface area contributed by atoms with E-state index in [2.05, 4.69) is 27.5 Å². The van der Waals surface area contributed by atoms with E-state index in [9.17, 15) is 0 Å². The number of likely N-dealkylation sites (N-methyl/N-ethyl adjacent to an activating group) is 1. The molecule has 1 saturated heterocycles. The molecule has 2 heterocycles. The van der Waals surface area contributed by atoms with E-state index in [-0.39, 0.29) is 0 Å². The molecule has 0 aliphatic carbocycles. The van der Waals surface area contributed by atoms with Crippen LogP contribution in [0.1, 0.15) is 12.1 Å². The molecular weight excluding hydrogens is 164 g/mol. The molecule has 0 radical (unpaired) electrons. The molecule has 1 fully saturated rings. The molecule has 0 amide bonds. The Morgan fingerprint density at radius 3 is 3.23 bits per heavy atom. The maximum atomic E-state index is 3.93. The van der Waals surface area contributed by atoms with Crippen molar-refractivity contribution in [2.75, 3.05) is 20.1 Å². The van der Waals surface area contributed by atoms with Gasteiger partial charge in [0.25, 0.3) is 0 Å². The van der Waals surface area contributed by atoms with Gasteiger partial charge in [-0.15, -0.1) is 0 Å². The molecule has 72 valence electrons. The highest BCUT2D eigenvalue weighted by Crippen LogP contribution is 2.08. The lowest BCUT2D eigenvalue weighted by molar-refractivity contribution is 0.246. The lowest BCUT2D eigenvalue weighted by Gasteiger charge is -2.22. The second-order valence-electron chi connectivity index (χ2n) is 3.64. The van der Waals surface area contributed by atoms with Crippen LogP contribution in [0.3, 0.4) is 0 Å². The van der Waals surface area contributed by atoms with Crippen LogP contribution in [0.5, 0.6) is 0 Å².